The summed E-state index contributed by atoms with van der Waals surface area (Å²) in [5, 5.41) is 12.6. The Balaban J connectivity index is 1.83. The molecule has 0 bridgehead atoms. The molecule has 0 saturated heterocycles. The van der Waals surface area contributed by atoms with E-state index < -0.39 is 27.5 Å². The first-order chi connectivity index (χ1) is 14.7. The van der Waals surface area contributed by atoms with Crippen LogP contribution in [0, 0.1) is 13.8 Å². The summed E-state index contributed by atoms with van der Waals surface area (Å²) in [4.78, 5) is 14.9. The number of carbonyl (C=O) groups is 1. The molecular formula is C23H20BrNO4S2. The van der Waals surface area contributed by atoms with Crippen molar-refractivity contribution in [3.63, 3.8) is 0 Å². The molecule has 0 unspecified atom stereocenters. The number of nitrogens with zero attached hydrogens (tertiary/aromatic N) is 1. The summed E-state index contributed by atoms with van der Waals surface area (Å²) in [5.74, 6) is -1.41. The average molecular weight is 518 g/mol. The monoisotopic (exact) mass is 517 g/mol. The first-order valence-corrected chi connectivity index (χ1v) is 12.7. The number of hydrogen-bond acceptors (Lipinski definition) is 5. The van der Waals surface area contributed by atoms with E-state index in [9.17, 15) is 18.3 Å². The Morgan fingerprint density at radius 1 is 1.03 bits per heavy atom. The first kappa shape index (κ1) is 21.8. The third-order valence-corrected chi connectivity index (χ3v) is 8.84. The summed E-state index contributed by atoms with van der Waals surface area (Å²) in [5.41, 5.74) is 2.85. The molecule has 31 heavy (non-hydrogen) atoms. The number of sulfone groups is 1. The number of rotatable bonds is 5. The second kappa shape index (κ2) is 8.26. The Labute approximate surface area is 193 Å². The van der Waals surface area contributed by atoms with Gasteiger partial charge in [-0.15, -0.1) is 11.3 Å². The molecule has 0 spiro atoms. The quantitative estimate of drug-likeness (QED) is 0.487. The van der Waals surface area contributed by atoms with Crippen LogP contribution >= 0.6 is 27.3 Å². The maximum absolute atomic E-state index is 13.5. The van der Waals surface area contributed by atoms with Gasteiger partial charge in [0.05, 0.1) is 4.90 Å². The van der Waals surface area contributed by atoms with Crippen LogP contribution in [0.4, 0.5) is 0 Å². The molecular weight excluding hydrogens is 498 g/mol. The topological polar surface area (TPSA) is 74.7 Å². The van der Waals surface area contributed by atoms with Gasteiger partial charge in [0, 0.05) is 21.3 Å². The lowest BCUT2D eigenvalue weighted by Gasteiger charge is -2.26. The van der Waals surface area contributed by atoms with E-state index in [0.717, 1.165) is 21.2 Å². The highest BCUT2D eigenvalue weighted by atomic mass is 79.9. The highest BCUT2D eigenvalue weighted by Crippen LogP contribution is 2.45. The van der Waals surface area contributed by atoms with Crippen molar-refractivity contribution in [1.82, 2.24) is 4.90 Å². The molecule has 1 N–H and O–H groups in total. The molecule has 4 rings (SSSR count). The van der Waals surface area contributed by atoms with Crippen LogP contribution in [-0.4, -0.2) is 24.3 Å². The number of hydrogen-bond donors (Lipinski definition) is 1. The summed E-state index contributed by atoms with van der Waals surface area (Å²) in [7, 11) is -4.10. The SMILES string of the molecule is Cc1ccc(CN2C(=O)C(O)=C(S(=O)(=O)c3ccc(C)cc3)[C@@H]2c2cc(Br)cs2)cc1. The number of aliphatic hydroxyl groups excluding tert-OH is 1. The number of thiophene rings is 1. The summed E-state index contributed by atoms with van der Waals surface area (Å²) < 4.78 is 27.8. The van der Waals surface area contributed by atoms with Crippen LogP contribution in [0.25, 0.3) is 0 Å². The molecule has 160 valence electrons. The van der Waals surface area contributed by atoms with Crippen LogP contribution in [0.3, 0.4) is 0 Å². The van der Waals surface area contributed by atoms with Crippen molar-refractivity contribution >= 4 is 43.0 Å². The minimum absolute atomic E-state index is 0.0465. The lowest BCUT2D eigenvalue weighted by Crippen LogP contribution is -2.30. The van der Waals surface area contributed by atoms with Crippen LogP contribution in [0.5, 0.6) is 0 Å². The summed E-state index contributed by atoms with van der Waals surface area (Å²) in [6.07, 6.45) is 0. The molecule has 5 nitrogen and oxygen atoms in total. The molecule has 1 aliphatic heterocycles. The standard InChI is InChI=1S/C23H20BrNO4S2/c1-14-3-7-16(8-4-14)12-25-20(19-11-17(24)13-30-19)22(21(26)23(25)27)31(28,29)18-9-5-15(2)6-10-18/h3-11,13,20,26H,12H2,1-2H3/t20-/m0/s1. The average Bonchev–Trinajstić information content (AvgIpc) is 3.26. The van der Waals surface area contributed by atoms with Gasteiger partial charge >= 0.3 is 0 Å². The van der Waals surface area contributed by atoms with Crippen LogP contribution < -0.4 is 0 Å². The lowest BCUT2D eigenvalue weighted by molar-refractivity contribution is -0.130. The maximum atomic E-state index is 13.5. The zero-order chi connectivity index (χ0) is 22.3. The lowest BCUT2D eigenvalue weighted by atomic mass is 10.1. The molecule has 8 heteroatoms. The van der Waals surface area contributed by atoms with E-state index in [1.54, 1.807) is 18.2 Å². The van der Waals surface area contributed by atoms with Gasteiger partial charge in [-0.2, -0.15) is 0 Å². The van der Waals surface area contributed by atoms with E-state index in [4.69, 9.17) is 0 Å². The van der Waals surface area contributed by atoms with Gasteiger partial charge in [-0.1, -0.05) is 47.5 Å². The number of amides is 1. The molecule has 3 aromatic rings. The molecule has 0 saturated carbocycles. The van der Waals surface area contributed by atoms with E-state index in [0.29, 0.717) is 4.88 Å². The third kappa shape index (κ3) is 4.07. The Morgan fingerprint density at radius 2 is 1.61 bits per heavy atom. The van der Waals surface area contributed by atoms with Crippen molar-refractivity contribution in [2.24, 2.45) is 0 Å². The van der Waals surface area contributed by atoms with Gasteiger partial charge in [-0.05, 0) is 53.5 Å². The number of aliphatic hydroxyl groups is 1. The van der Waals surface area contributed by atoms with E-state index in [1.807, 2.05) is 43.5 Å². The van der Waals surface area contributed by atoms with E-state index >= 15 is 0 Å². The molecule has 0 fully saturated rings. The van der Waals surface area contributed by atoms with Gasteiger partial charge in [-0.25, -0.2) is 8.42 Å². The smallest absolute Gasteiger partial charge is 0.290 e. The van der Waals surface area contributed by atoms with E-state index in [2.05, 4.69) is 15.9 Å². The van der Waals surface area contributed by atoms with Gasteiger partial charge in [0.2, 0.25) is 9.84 Å². The normalized spacial score (nSPS) is 16.9. The van der Waals surface area contributed by atoms with Gasteiger partial charge in [0.1, 0.15) is 10.9 Å². The second-order valence-electron chi connectivity index (χ2n) is 7.52. The molecule has 1 aromatic heterocycles. The molecule has 1 atom stereocenters. The van der Waals surface area contributed by atoms with Gasteiger partial charge in [0.25, 0.3) is 5.91 Å². The number of carbonyl (C=O) groups excluding carboxylic acids is 1. The minimum atomic E-state index is -4.10. The van der Waals surface area contributed by atoms with Crippen molar-refractivity contribution < 1.29 is 18.3 Å². The molecule has 0 aliphatic carbocycles. The van der Waals surface area contributed by atoms with Gasteiger partial charge < -0.3 is 10.0 Å². The Hall–Kier alpha value is -2.42. The fourth-order valence-electron chi connectivity index (χ4n) is 3.56. The summed E-state index contributed by atoms with van der Waals surface area (Å²) >= 11 is 4.74. The maximum Gasteiger partial charge on any atom is 0.290 e. The van der Waals surface area contributed by atoms with Crippen molar-refractivity contribution in [3.8, 4) is 0 Å². The largest absolute Gasteiger partial charge is 0.502 e. The van der Waals surface area contributed by atoms with Crippen molar-refractivity contribution in [2.45, 2.75) is 31.3 Å². The zero-order valence-corrected chi connectivity index (χ0v) is 20.1. The van der Waals surface area contributed by atoms with Crippen molar-refractivity contribution in [1.29, 1.82) is 0 Å². The van der Waals surface area contributed by atoms with Gasteiger partial charge in [-0.3, -0.25) is 4.79 Å². The number of halogens is 1. The molecule has 1 aliphatic rings. The Kier molecular flexibility index (Phi) is 5.81. The highest BCUT2D eigenvalue weighted by Gasteiger charge is 2.47. The molecule has 2 aromatic carbocycles. The van der Waals surface area contributed by atoms with Crippen LogP contribution in [0.15, 0.2) is 80.0 Å². The molecule has 2 heterocycles. The van der Waals surface area contributed by atoms with Gasteiger partial charge in [0.15, 0.2) is 5.76 Å². The summed E-state index contributed by atoms with van der Waals surface area (Å²) in [6.45, 7) is 4.01. The number of benzene rings is 2. The fourth-order valence-corrected chi connectivity index (χ4v) is 6.83. The first-order valence-electron chi connectivity index (χ1n) is 9.54. The minimum Gasteiger partial charge on any atom is -0.502 e. The van der Waals surface area contributed by atoms with Crippen LogP contribution in [0.2, 0.25) is 0 Å². The predicted octanol–water partition coefficient (Wildman–Crippen LogP) is 5.45. The van der Waals surface area contributed by atoms with Crippen LogP contribution in [-0.2, 0) is 21.2 Å². The second-order valence-corrected chi connectivity index (χ2v) is 11.3. The van der Waals surface area contributed by atoms with E-state index in [1.165, 1.54) is 28.4 Å². The van der Waals surface area contributed by atoms with E-state index in [-0.39, 0.29) is 16.3 Å². The Bertz CT molecular complexity index is 1280. The third-order valence-electron chi connectivity index (χ3n) is 5.21. The molecule has 0 radical (unpaired) electrons. The summed E-state index contributed by atoms with van der Waals surface area (Å²) in [6, 6.07) is 14.9. The predicted molar refractivity (Wildman–Crippen MR) is 125 cm³/mol. The Morgan fingerprint density at radius 3 is 2.16 bits per heavy atom. The van der Waals surface area contributed by atoms with Crippen molar-refractivity contribution in [3.05, 3.63) is 96.7 Å². The number of aryl methyl sites for hydroxylation is 2. The van der Waals surface area contributed by atoms with Crippen molar-refractivity contribution in [2.75, 3.05) is 0 Å². The molecule has 1 amide bonds. The van der Waals surface area contributed by atoms with Crippen LogP contribution in [0.1, 0.15) is 27.6 Å². The fraction of sp³-hybridized carbons (Fsp3) is 0.174. The zero-order valence-electron chi connectivity index (χ0n) is 16.9. The highest BCUT2D eigenvalue weighted by molar-refractivity contribution is 9.10.